The molecule has 0 aliphatic heterocycles. The smallest absolute Gasteiger partial charge is 0.341 e. The van der Waals surface area contributed by atoms with Gasteiger partial charge in [-0.15, -0.1) is 0 Å². The average molecular weight is 287 g/mol. The normalized spacial score (nSPS) is 9.90. The SMILES string of the molecule is Cn1cc(Nc2ncc(C(=O)O)c(NCCC#N)n2)cn1. The molecular formula is C12H13N7O2. The van der Waals surface area contributed by atoms with Crippen LogP contribution in [-0.4, -0.2) is 37.4 Å². The van der Waals surface area contributed by atoms with Crippen molar-refractivity contribution in [3.8, 4) is 6.07 Å². The zero-order chi connectivity index (χ0) is 15.2. The van der Waals surface area contributed by atoms with Crippen molar-refractivity contribution >= 4 is 23.4 Å². The van der Waals surface area contributed by atoms with Crippen molar-refractivity contribution in [1.29, 1.82) is 5.26 Å². The van der Waals surface area contributed by atoms with Gasteiger partial charge >= 0.3 is 5.97 Å². The topological polar surface area (TPSA) is 129 Å². The van der Waals surface area contributed by atoms with Crippen molar-refractivity contribution in [2.45, 2.75) is 6.42 Å². The van der Waals surface area contributed by atoms with Crippen LogP contribution in [0.2, 0.25) is 0 Å². The molecule has 0 aromatic carbocycles. The Kier molecular flexibility index (Phi) is 4.30. The molecule has 0 radical (unpaired) electrons. The molecule has 3 N–H and O–H groups in total. The van der Waals surface area contributed by atoms with Gasteiger partial charge in [0.15, 0.2) is 0 Å². The second-order valence-corrected chi connectivity index (χ2v) is 4.12. The van der Waals surface area contributed by atoms with Gasteiger partial charge in [0.1, 0.15) is 11.4 Å². The Morgan fingerprint density at radius 3 is 2.95 bits per heavy atom. The van der Waals surface area contributed by atoms with Crippen molar-refractivity contribution in [2.24, 2.45) is 7.05 Å². The highest BCUT2D eigenvalue weighted by molar-refractivity contribution is 5.93. The minimum absolute atomic E-state index is 0.0512. The van der Waals surface area contributed by atoms with Crippen LogP contribution in [0.5, 0.6) is 0 Å². The van der Waals surface area contributed by atoms with Crippen LogP contribution in [0, 0.1) is 11.3 Å². The van der Waals surface area contributed by atoms with Crippen LogP contribution in [0.1, 0.15) is 16.8 Å². The minimum Gasteiger partial charge on any atom is -0.477 e. The maximum Gasteiger partial charge on any atom is 0.341 e. The quantitative estimate of drug-likeness (QED) is 0.670. The highest BCUT2D eigenvalue weighted by Crippen LogP contribution is 2.17. The Morgan fingerprint density at radius 2 is 2.33 bits per heavy atom. The number of hydrogen-bond acceptors (Lipinski definition) is 7. The molecule has 0 amide bonds. The number of rotatable bonds is 6. The number of nitrogens with zero attached hydrogens (tertiary/aromatic N) is 5. The van der Waals surface area contributed by atoms with E-state index in [0.29, 0.717) is 12.2 Å². The molecule has 0 unspecified atom stereocenters. The Morgan fingerprint density at radius 1 is 1.52 bits per heavy atom. The molecule has 2 rings (SSSR count). The minimum atomic E-state index is -1.14. The Labute approximate surface area is 120 Å². The molecule has 0 fully saturated rings. The summed E-state index contributed by atoms with van der Waals surface area (Å²) >= 11 is 0. The van der Waals surface area contributed by atoms with Crippen molar-refractivity contribution in [1.82, 2.24) is 19.7 Å². The molecule has 21 heavy (non-hydrogen) atoms. The second kappa shape index (κ2) is 6.33. The second-order valence-electron chi connectivity index (χ2n) is 4.12. The molecule has 9 heteroatoms. The predicted octanol–water partition coefficient (Wildman–Crippen LogP) is 0.977. The van der Waals surface area contributed by atoms with E-state index in [4.69, 9.17) is 10.4 Å². The van der Waals surface area contributed by atoms with Gasteiger partial charge in [-0.1, -0.05) is 0 Å². The number of aryl methyl sites for hydroxylation is 1. The Balaban J connectivity index is 2.21. The van der Waals surface area contributed by atoms with E-state index in [1.54, 1.807) is 24.1 Å². The van der Waals surface area contributed by atoms with E-state index in [0.717, 1.165) is 0 Å². The van der Waals surface area contributed by atoms with Gasteiger partial charge < -0.3 is 15.7 Å². The molecule has 108 valence electrons. The summed E-state index contributed by atoms with van der Waals surface area (Å²) in [6.45, 7) is 0.306. The number of nitriles is 1. The van der Waals surface area contributed by atoms with Gasteiger partial charge in [0.2, 0.25) is 5.95 Å². The fourth-order valence-electron chi connectivity index (χ4n) is 1.58. The van der Waals surface area contributed by atoms with E-state index >= 15 is 0 Å². The molecule has 0 saturated heterocycles. The number of aromatic carboxylic acids is 1. The highest BCUT2D eigenvalue weighted by atomic mass is 16.4. The van der Waals surface area contributed by atoms with Gasteiger partial charge in [-0.05, 0) is 0 Å². The molecule has 0 bridgehead atoms. The molecule has 9 nitrogen and oxygen atoms in total. The maximum absolute atomic E-state index is 11.1. The van der Waals surface area contributed by atoms with Crippen molar-refractivity contribution < 1.29 is 9.90 Å². The first-order chi connectivity index (χ1) is 10.1. The van der Waals surface area contributed by atoms with E-state index < -0.39 is 5.97 Å². The number of anilines is 3. The summed E-state index contributed by atoms with van der Waals surface area (Å²) in [5, 5.41) is 27.3. The summed E-state index contributed by atoms with van der Waals surface area (Å²) in [5.41, 5.74) is 0.633. The fraction of sp³-hybridized carbons (Fsp3) is 0.250. The number of carboxylic acid groups (broad SMARTS) is 1. The first-order valence-corrected chi connectivity index (χ1v) is 6.07. The summed E-state index contributed by atoms with van der Waals surface area (Å²) in [6, 6.07) is 1.96. The predicted molar refractivity (Wildman–Crippen MR) is 74.2 cm³/mol. The largest absolute Gasteiger partial charge is 0.477 e. The van der Waals surface area contributed by atoms with Crippen LogP contribution >= 0.6 is 0 Å². The zero-order valence-corrected chi connectivity index (χ0v) is 11.2. The van der Waals surface area contributed by atoms with Crippen LogP contribution in [0.4, 0.5) is 17.5 Å². The van der Waals surface area contributed by atoms with E-state index in [1.807, 2.05) is 6.07 Å². The third-order valence-electron chi connectivity index (χ3n) is 2.51. The fourth-order valence-corrected chi connectivity index (χ4v) is 1.58. The average Bonchev–Trinajstić information content (AvgIpc) is 2.84. The van der Waals surface area contributed by atoms with Crippen LogP contribution in [0.25, 0.3) is 0 Å². The summed E-state index contributed by atoms with van der Waals surface area (Å²) < 4.78 is 1.61. The van der Waals surface area contributed by atoms with Gasteiger partial charge in [-0.25, -0.2) is 9.78 Å². The van der Waals surface area contributed by atoms with Gasteiger partial charge in [0, 0.05) is 26.0 Å². The number of carboxylic acids is 1. The molecule has 2 heterocycles. The number of carbonyl (C=O) groups is 1. The number of nitrogens with one attached hydrogen (secondary N) is 2. The standard InChI is InChI=1S/C12H13N7O2/c1-19-7-8(5-16-19)17-12-15-6-9(11(20)21)10(18-12)14-4-2-3-13/h5-7H,2,4H2,1H3,(H,20,21)(H2,14,15,17,18). The van der Waals surface area contributed by atoms with Crippen molar-refractivity contribution in [3.05, 3.63) is 24.2 Å². The number of aromatic nitrogens is 4. The zero-order valence-electron chi connectivity index (χ0n) is 11.2. The third-order valence-corrected chi connectivity index (χ3v) is 2.51. The summed E-state index contributed by atoms with van der Waals surface area (Å²) in [6.07, 6.45) is 4.78. The highest BCUT2D eigenvalue weighted by Gasteiger charge is 2.13. The van der Waals surface area contributed by atoms with Gasteiger partial charge in [-0.3, -0.25) is 4.68 Å². The summed E-state index contributed by atoms with van der Waals surface area (Å²) in [4.78, 5) is 19.2. The maximum atomic E-state index is 11.1. The van der Waals surface area contributed by atoms with Crippen molar-refractivity contribution in [3.63, 3.8) is 0 Å². The molecule has 2 aromatic heterocycles. The van der Waals surface area contributed by atoms with Gasteiger partial charge in [0.05, 0.1) is 24.4 Å². The molecule has 0 spiro atoms. The molecule has 0 aliphatic rings. The van der Waals surface area contributed by atoms with Gasteiger partial charge in [0.25, 0.3) is 0 Å². The third kappa shape index (κ3) is 3.66. The van der Waals surface area contributed by atoms with E-state index in [9.17, 15) is 4.79 Å². The van der Waals surface area contributed by atoms with Crippen LogP contribution < -0.4 is 10.6 Å². The Hall–Kier alpha value is -3.15. The van der Waals surface area contributed by atoms with E-state index in [1.165, 1.54) is 6.20 Å². The lowest BCUT2D eigenvalue weighted by Gasteiger charge is -2.09. The van der Waals surface area contributed by atoms with E-state index in [2.05, 4.69) is 25.7 Å². The first kappa shape index (κ1) is 14.3. The molecule has 2 aromatic rings. The van der Waals surface area contributed by atoms with Crippen molar-refractivity contribution in [2.75, 3.05) is 17.2 Å². The summed E-state index contributed by atoms with van der Waals surface area (Å²) in [5.74, 6) is -0.728. The molecular weight excluding hydrogens is 274 g/mol. The first-order valence-electron chi connectivity index (χ1n) is 6.07. The Bertz CT molecular complexity index is 689. The number of hydrogen-bond donors (Lipinski definition) is 3. The van der Waals surface area contributed by atoms with Crippen LogP contribution in [-0.2, 0) is 7.05 Å². The van der Waals surface area contributed by atoms with Crippen LogP contribution in [0.15, 0.2) is 18.6 Å². The molecule has 0 aliphatic carbocycles. The molecule has 0 atom stereocenters. The summed E-state index contributed by atoms with van der Waals surface area (Å²) in [7, 11) is 1.77. The lowest BCUT2D eigenvalue weighted by atomic mass is 10.3. The van der Waals surface area contributed by atoms with Crippen LogP contribution in [0.3, 0.4) is 0 Å². The van der Waals surface area contributed by atoms with E-state index in [-0.39, 0.29) is 23.8 Å². The van der Waals surface area contributed by atoms with Gasteiger partial charge in [-0.2, -0.15) is 15.3 Å². The lowest BCUT2D eigenvalue weighted by Crippen LogP contribution is -2.11. The lowest BCUT2D eigenvalue weighted by molar-refractivity contribution is 0.0697. The molecule has 0 saturated carbocycles. The monoisotopic (exact) mass is 287 g/mol.